The number of nitrogens with two attached hydrogens (primary N) is 1. The Balaban J connectivity index is 1.87. The maximum absolute atomic E-state index is 12.5. The van der Waals surface area contributed by atoms with Crippen LogP contribution in [0.1, 0.15) is 48.7 Å². The van der Waals surface area contributed by atoms with E-state index < -0.39 is 0 Å². The van der Waals surface area contributed by atoms with Gasteiger partial charge in [-0.3, -0.25) is 4.79 Å². The molecule has 0 unspecified atom stereocenters. The number of rotatable bonds is 2. The summed E-state index contributed by atoms with van der Waals surface area (Å²) >= 11 is 1.31. The Morgan fingerprint density at radius 3 is 2.70 bits per heavy atom. The molecule has 1 amide bonds. The van der Waals surface area contributed by atoms with Crippen LogP contribution in [-0.2, 0) is 0 Å². The molecule has 3 rings (SSSR count). The predicted octanol–water partition coefficient (Wildman–Crippen LogP) is 2.73. The summed E-state index contributed by atoms with van der Waals surface area (Å²) in [7, 11) is 0. The number of nitrogens with zero attached hydrogens (tertiary/aromatic N) is 2. The molecule has 20 heavy (non-hydrogen) atoms. The summed E-state index contributed by atoms with van der Waals surface area (Å²) < 4.78 is 0. The summed E-state index contributed by atoms with van der Waals surface area (Å²) in [6, 6.07) is 0. The van der Waals surface area contributed by atoms with Crippen molar-refractivity contribution in [1.82, 2.24) is 15.3 Å². The van der Waals surface area contributed by atoms with Gasteiger partial charge in [0.05, 0.1) is 5.69 Å². The van der Waals surface area contributed by atoms with Crippen LogP contribution in [0.25, 0.3) is 10.3 Å². The summed E-state index contributed by atoms with van der Waals surface area (Å²) in [5, 5.41) is 3.15. The first-order chi connectivity index (χ1) is 9.59. The Kier molecular flexibility index (Phi) is 3.33. The highest BCUT2D eigenvalue weighted by Crippen LogP contribution is 2.32. The Morgan fingerprint density at radius 1 is 1.30 bits per heavy atom. The van der Waals surface area contributed by atoms with Crippen LogP contribution >= 0.6 is 11.3 Å². The van der Waals surface area contributed by atoms with Crippen molar-refractivity contribution in [1.29, 1.82) is 0 Å². The van der Waals surface area contributed by atoms with Gasteiger partial charge in [0, 0.05) is 17.9 Å². The normalized spacial score (nSPS) is 18.1. The highest BCUT2D eigenvalue weighted by atomic mass is 32.1. The fraction of sp³-hybridized carbons (Fsp3) is 0.500. The summed E-state index contributed by atoms with van der Waals surface area (Å²) in [5.74, 6) is -0.100. The van der Waals surface area contributed by atoms with E-state index in [0.29, 0.717) is 20.9 Å². The number of anilines is 1. The number of hydrogen-bond acceptors (Lipinski definition) is 5. The first-order valence-corrected chi connectivity index (χ1v) is 7.72. The molecule has 0 aromatic carbocycles. The van der Waals surface area contributed by atoms with Crippen LogP contribution < -0.4 is 11.1 Å². The minimum atomic E-state index is -0.112. The SMILES string of the molecule is CC1(NC(=O)c2sc3nccnc3c2N)CCCCC1. The molecular formula is C14H18N4OS. The summed E-state index contributed by atoms with van der Waals surface area (Å²) in [6.07, 6.45) is 8.85. The number of hydrogen-bond donors (Lipinski definition) is 2. The average molecular weight is 290 g/mol. The molecule has 0 saturated heterocycles. The van der Waals surface area contributed by atoms with Crippen LogP contribution in [0.5, 0.6) is 0 Å². The molecule has 1 saturated carbocycles. The smallest absolute Gasteiger partial charge is 0.264 e. The summed E-state index contributed by atoms with van der Waals surface area (Å²) in [6.45, 7) is 2.12. The fourth-order valence-electron chi connectivity index (χ4n) is 2.80. The number of nitrogen functional groups attached to an aromatic ring is 1. The van der Waals surface area contributed by atoms with Gasteiger partial charge in [0.2, 0.25) is 0 Å². The van der Waals surface area contributed by atoms with Gasteiger partial charge >= 0.3 is 0 Å². The predicted molar refractivity (Wildman–Crippen MR) is 80.8 cm³/mol. The van der Waals surface area contributed by atoms with Gasteiger partial charge < -0.3 is 11.1 Å². The minimum Gasteiger partial charge on any atom is -0.396 e. The number of carbonyl (C=O) groups is 1. The third-order valence-corrected chi connectivity index (χ3v) is 5.04. The molecule has 0 aliphatic heterocycles. The van der Waals surface area contributed by atoms with E-state index in [2.05, 4.69) is 22.2 Å². The monoisotopic (exact) mass is 290 g/mol. The molecule has 6 heteroatoms. The maximum Gasteiger partial charge on any atom is 0.264 e. The number of fused-ring (bicyclic) bond motifs is 1. The lowest BCUT2D eigenvalue weighted by molar-refractivity contribution is 0.0888. The van der Waals surface area contributed by atoms with E-state index in [-0.39, 0.29) is 11.4 Å². The topological polar surface area (TPSA) is 80.9 Å². The number of thiophene rings is 1. The number of amides is 1. The highest BCUT2D eigenvalue weighted by Gasteiger charge is 2.30. The Morgan fingerprint density at radius 2 is 2.00 bits per heavy atom. The van der Waals surface area contributed by atoms with Crippen molar-refractivity contribution < 1.29 is 4.79 Å². The molecule has 0 bridgehead atoms. The zero-order valence-corrected chi connectivity index (χ0v) is 12.3. The van der Waals surface area contributed by atoms with Crippen molar-refractivity contribution >= 4 is 33.3 Å². The summed E-state index contributed by atoms with van der Waals surface area (Å²) in [4.78, 5) is 22.1. The van der Waals surface area contributed by atoms with Crippen molar-refractivity contribution in [3.63, 3.8) is 0 Å². The second-order valence-electron chi connectivity index (χ2n) is 5.63. The maximum atomic E-state index is 12.5. The van der Waals surface area contributed by atoms with Crippen LogP contribution in [0, 0.1) is 0 Å². The average Bonchev–Trinajstić information content (AvgIpc) is 2.77. The van der Waals surface area contributed by atoms with Gasteiger partial charge in [-0.25, -0.2) is 9.97 Å². The van der Waals surface area contributed by atoms with Crippen molar-refractivity contribution in [3.8, 4) is 0 Å². The quantitative estimate of drug-likeness (QED) is 0.891. The first-order valence-electron chi connectivity index (χ1n) is 6.91. The molecule has 0 radical (unpaired) electrons. The molecule has 1 fully saturated rings. The summed E-state index contributed by atoms with van der Waals surface area (Å²) in [5.41, 5.74) is 6.98. The second kappa shape index (κ2) is 5.01. The van der Waals surface area contributed by atoms with Crippen LogP contribution in [0.4, 0.5) is 5.69 Å². The molecule has 0 spiro atoms. The standard InChI is InChI=1S/C14H18N4OS/c1-14(5-3-2-4-6-14)18-12(19)11-9(15)10-13(20-11)17-8-7-16-10/h7-8H,2-6,15H2,1H3,(H,18,19). The van der Waals surface area contributed by atoms with Crippen molar-refractivity contribution in [2.75, 3.05) is 5.73 Å². The van der Waals surface area contributed by atoms with Crippen LogP contribution in [-0.4, -0.2) is 21.4 Å². The van der Waals surface area contributed by atoms with E-state index in [4.69, 9.17) is 5.73 Å². The Labute approximate surface area is 121 Å². The van der Waals surface area contributed by atoms with Gasteiger partial charge in [-0.1, -0.05) is 19.3 Å². The van der Waals surface area contributed by atoms with Crippen molar-refractivity contribution in [3.05, 3.63) is 17.3 Å². The number of carbonyl (C=O) groups excluding carboxylic acids is 1. The zero-order valence-electron chi connectivity index (χ0n) is 11.5. The lowest BCUT2D eigenvalue weighted by Crippen LogP contribution is -2.47. The van der Waals surface area contributed by atoms with E-state index in [1.807, 2.05) is 0 Å². The zero-order chi connectivity index (χ0) is 14.2. The van der Waals surface area contributed by atoms with Gasteiger partial charge in [-0.2, -0.15) is 0 Å². The Bertz CT molecular complexity index is 646. The molecule has 106 valence electrons. The van der Waals surface area contributed by atoms with Crippen molar-refractivity contribution in [2.45, 2.75) is 44.6 Å². The third-order valence-electron chi connectivity index (χ3n) is 3.94. The molecule has 1 aliphatic carbocycles. The van der Waals surface area contributed by atoms with E-state index in [9.17, 15) is 4.79 Å². The molecule has 2 aromatic rings. The molecular weight excluding hydrogens is 272 g/mol. The van der Waals surface area contributed by atoms with Gasteiger partial charge in [-0.15, -0.1) is 11.3 Å². The van der Waals surface area contributed by atoms with Crippen molar-refractivity contribution in [2.24, 2.45) is 0 Å². The first kappa shape index (κ1) is 13.3. The van der Waals surface area contributed by atoms with Crippen LogP contribution in [0.15, 0.2) is 12.4 Å². The van der Waals surface area contributed by atoms with E-state index in [1.54, 1.807) is 12.4 Å². The van der Waals surface area contributed by atoms with E-state index >= 15 is 0 Å². The fourth-order valence-corrected chi connectivity index (χ4v) is 3.72. The lowest BCUT2D eigenvalue weighted by atomic mass is 9.83. The van der Waals surface area contributed by atoms with Gasteiger partial charge in [0.15, 0.2) is 0 Å². The molecule has 5 nitrogen and oxygen atoms in total. The number of aromatic nitrogens is 2. The van der Waals surface area contributed by atoms with Crippen LogP contribution in [0.2, 0.25) is 0 Å². The van der Waals surface area contributed by atoms with Crippen LogP contribution in [0.3, 0.4) is 0 Å². The lowest BCUT2D eigenvalue weighted by Gasteiger charge is -2.34. The van der Waals surface area contributed by atoms with Gasteiger partial charge in [-0.05, 0) is 19.8 Å². The molecule has 2 heterocycles. The highest BCUT2D eigenvalue weighted by molar-refractivity contribution is 7.21. The molecule has 1 aliphatic rings. The van der Waals surface area contributed by atoms with Gasteiger partial charge in [0.1, 0.15) is 15.2 Å². The number of nitrogens with one attached hydrogen (secondary N) is 1. The minimum absolute atomic E-state index is 0.100. The second-order valence-corrected chi connectivity index (χ2v) is 6.63. The van der Waals surface area contributed by atoms with E-state index in [1.165, 1.54) is 30.6 Å². The Hall–Kier alpha value is -1.69. The largest absolute Gasteiger partial charge is 0.396 e. The molecule has 0 atom stereocenters. The third kappa shape index (κ3) is 2.35. The molecule has 2 aromatic heterocycles. The van der Waals surface area contributed by atoms with Gasteiger partial charge in [0.25, 0.3) is 5.91 Å². The van der Waals surface area contributed by atoms with E-state index in [0.717, 1.165) is 12.8 Å². The molecule has 3 N–H and O–H groups in total.